The van der Waals surface area contributed by atoms with Crippen LogP contribution in [0.3, 0.4) is 0 Å². The van der Waals surface area contributed by atoms with Gasteiger partial charge in [0.25, 0.3) is 0 Å². The number of hydrogen-bond acceptors (Lipinski definition) is 7. The maximum Gasteiger partial charge on any atom is 0.412 e. The molecule has 0 saturated carbocycles. The van der Waals surface area contributed by atoms with Crippen LogP contribution in [0.25, 0.3) is 5.52 Å². The van der Waals surface area contributed by atoms with Crippen LogP contribution in [0.15, 0.2) is 18.3 Å². The van der Waals surface area contributed by atoms with Gasteiger partial charge < -0.3 is 19.1 Å². The van der Waals surface area contributed by atoms with Crippen LogP contribution in [-0.4, -0.2) is 63.6 Å². The summed E-state index contributed by atoms with van der Waals surface area (Å²) in [6.07, 6.45) is 2.08. The molecule has 1 aliphatic heterocycles. The predicted molar refractivity (Wildman–Crippen MR) is 131 cm³/mol. The molecular weight excluding hydrogens is 452 g/mol. The summed E-state index contributed by atoms with van der Waals surface area (Å²) in [6, 6.07) is 3.62. The number of piperidine rings is 1. The molecule has 3 heterocycles. The number of rotatable bonds is 4. The Balaban J connectivity index is 1.81. The number of pyridine rings is 1. The van der Waals surface area contributed by atoms with Crippen molar-refractivity contribution >= 4 is 29.4 Å². The molecule has 1 saturated heterocycles. The molecular formula is C25H36N4O6. The van der Waals surface area contributed by atoms with Gasteiger partial charge >= 0.3 is 18.2 Å². The van der Waals surface area contributed by atoms with Crippen molar-refractivity contribution in [2.45, 2.75) is 78.4 Å². The highest BCUT2D eigenvalue weighted by atomic mass is 16.6. The number of amides is 2. The first-order valence-electron chi connectivity index (χ1n) is 11.9. The number of hydrogen-bond donors (Lipinski definition) is 1. The van der Waals surface area contributed by atoms with E-state index in [0.29, 0.717) is 18.6 Å². The Kier molecular flexibility index (Phi) is 7.62. The van der Waals surface area contributed by atoms with E-state index in [1.165, 1.54) is 0 Å². The highest BCUT2D eigenvalue weighted by Gasteiger charge is 2.29. The summed E-state index contributed by atoms with van der Waals surface area (Å²) >= 11 is 0. The molecule has 2 aromatic heterocycles. The molecule has 10 heteroatoms. The number of nitrogens with one attached hydrogen (secondary N) is 1. The number of esters is 1. The average Bonchev–Trinajstić information content (AvgIpc) is 3.13. The number of fused-ring (bicyclic) bond motifs is 1. The summed E-state index contributed by atoms with van der Waals surface area (Å²) in [5.74, 6) is -0.412. The lowest BCUT2D eigenvalue weighted by atomic mass is 9.94. The van der Waals surface area contributed by atoms with Gasteiger partial charge in [0.15, 0.2) is 0 Å². The molecule has 2 aromatic rings. The van der Waals surface area contributed by atoms with Crippen molar-refractivity contribution in [3.8, 4) is 0 Å². The highest BCUT2D eigenvalue weighted by molar-refractivity contribution is 6.00. The molecule has 3 rings (SSSR count). The first-order chi connectivity index (χ1) is 16.3. The first kappa shape index (κ1) is 26.3. The van der Waals surface area contributed by atoms with E-state index >= 15 is 0 Å². The van der Waals surface area contributed by atoms with Crippen molar-refractivity contribution in [2.75, 3.05) is 25.0 Å². The predicted octanol–water partition coefficient (Wildman–Crippen LogP) is 4.97. The minimum absolute atomic E-state index is 0.155. The standard InChI is InChI=1S/C25H36N4O6/c1-8-33-21(30)18-15-29-17(14-20(18)26-22(31)34-24(2,3)4)13-19(27-29)16-9-11-28(12-10-16)23(32)35-25(5,6)7/h13-16H,8-12H2,1-7H3,(H,26,31). The van der Waals surface area contributed by atoms with Crippen LogP contribution < -0.4 is 5.32 Å². The summed E-state index contributed by atoms with van der Waals surface area (Å²) in [5.41, 5.74) is 0.829. The van der Waals surface area contributed by atoms with Gasteiger partial charge in [0, 0.05) is 25.2 Å². The molecule has 0 radical (unpaired) electrons. The maximum atomic E-state index is 12.6. The lowest BCUT2D eigenvalue weighted by Crippen LogP contribution is -2.41. The van der Waals surface area contributed by atoms with Gasteiger partial charge in [-0.25, -0.2) is 18.9 Å². The summed E-state index contributed by atoms with van der Waals surface area (Å²) < 4.78 is 17.6. The van der Waals surface area contributed by atoms with Crippen LogP contribution in [-0.2, 0) is 14.2 Å². The Morgan fingerprint density at radius 3 is 2.23 bits per heavy atom. The van der Waals surface area contributed by atoms with E-state index in [1.54, 1.807) is 49.4 Å². The molecule has 192 valence electrons. The SMILES string of the molecule is CCOC(=O)c1cn2nc(C3CCN(C(=O)OC(C)(C)C)CC3)cc2cc1NC(=O)OC(C)(C)C. The van der Waals surface area contributed by atoms with Crippen molar-refractivity contribution in [1.29, 1.82) is 0 Å². The number of ether oxygens (including phenoxy) is 3. The van der Waals surface area contributed by atoms with Gasteiger partial charge in [-0.15, -0.1) is 0 Å². The Bertz CT molecular complexity index is 1090. The molecule has 0 aliphatic carbocycles. The van der Waals surface area contributed by atoms with Crippen molar-refractivity contribution in [3.05, 3.63) is 29.6 Å². The van der Waals surface area contributed by atoms with Crippen molar-refractivity contribution in [3.63, 3.8) is 0 Å². The quantitative estimate of drug-likeness (QED) is 0.477. The number of carbonyl (C=O) groups excluding carboxylic acids is 3. The topological polar surface area (TPSA) is 111 Å². The Hall–Kier alpha value is -3.30. The van der Waals surface area contributed by atoms with Crippen molar-refractivity contribution in [1.82, 2.24) is 14.5 Å². The molecule has 0 spiro atoms. The van der Waals surface area contributed by atoms with Gasteiger partial charge in [0.2, 0.25) is 0 Å². The van der Waals surface area contributed by atoms with Crippen LogP contribution in [0.5, 0.6) is 0 Å². The average molecular weight is 489 g/mol. The smallest absolute Gasteiger partial charge is 0.412 e. The normalized spacial score (nSPS) is 15.1. The van der Waals surface area contributed by atoms with Gasteiger partial charge in [-0.3, -0.25) is 5.32 Å². The zero-order chi connectivity index (χ0) is 26.0. The van der Waals surface area contributed by atoms with E-state index in [9.17, 15) is 14.4 Å². The lowest BCUT2D eigenvalue weighted by Gasteiger charge is -2.32. The van der Waals surface area contributed by atoms with Gasteiger partial charge in [-0.1, -0.05) is 0 Å². The zero-order valence-corrected chi connectivity index (χ0v) is 21.6. The van der Waals surface area contributed by atoms with Crippen LogP contribution in [0.4, 0.5) is 15.3 Å². The van der Waals surface area contributed by atoms with Crippen LogP contribution >= 0.6 is 0 Å². The fraction of sp³-hybridized carbons (Fsp3) is 0.600. The van der Waals surface area contributed by atoms with Gasteiger partial charge in [0.1, 0.15) is 16.8 Å². The Labute approximate surface area is 205 Å². The molecule has 1 fully saturated rings. The Morgan fingerprint density at radius 1 is 1.03 bits per heavy atom. The number of likely N-dealkylation sites (tertiary alicyclic amines) is 1. The number of anilines is 1. The summed E-state index contributed by atoms with van der Waals surface area (Å²) in [6.45, 7) is 13.9. The molecule has 0 aromatic carbocycles. The van der Waals surface area contributed by atoms with Gasteiger partial charge in [-0.05, 0) is 73.4 Å². The van der Waals surface area contributed by atoms with Gasteiger partial charge in [-0.2, -0.15) is 5.10 Å². The molecule has 0 bridgehead atoms. The third kappa shape index (κ3) is 7.10. The zero-order valence-electron chi connectivity index (χ0n) is 21.6. The number of carbonyl (C=O) groups is 3. The van der Waals surface area contributed by atoms with E-state index in [1.807, 2.05) is 26.8 Å². The van der Waals surface area contributed by atoms with Crippen molar-refractivity contribution in [2.24, 2.45) is 0 Å². The molecule has 1 aliphatic rings. The third-order valence-electron chi connectivity index (χ3n) is 5.31. The van der Waals surface area contributed by atoms with Crippen molar-refractivity contribution < 1.29 is 28.6 Å². The minimum atomic E-state index is -0.684. The largest absolute Gasteiger partial charge is 0.462 e. The fourth-order valence-electron chi connectivity index (χ4n) is 3.83. The lowest BCUT2D eigenvalue weighted by molar-refractivity contribution is 0.0203. The number of aromatic nitrogens is 2. The molecule has 2 amide bonds. The number of nitrogens with zero attached hydrogens (tertiary/aromatic N) is 3. The molecule has 0 unspecified atom stereocenters. The Morgan fingerprint density at radius 2 is 1.66 bits per heavy atom. The summed E-state index contributed by atoms with van der Waals surface area (Å²) in [7, 11) is 0. The van der Waals surface area contributed by atoms with Crippen LogP contribution in [0.1, 0.15) is 83.3 Å². The fourth-order valence-corrected chi connectivity index (χ4v) is 3.83. The second-order valence-corrected chi connectivity index (χ2v) is 10.6. The van der Waals surface area contributed by atoms with E-state index in [2.05, 4.69) is 10.4 Å². The molecule has 35 heavy (non-hydrogen) atoms. The highest BCUT2D eigenvalue weighted by Crippen LogP contribution is 2.30. The van der Waals surface area contributed by atoms with Crippen LogP contribution in [0.2, 0.25) is 0 Å². The molecule has 0 atom stereocenters. The van der Waals surface area contributed by atoms with E-state index < -0.39 is 23.3 Å². The molecule has 1 N–H and O–H groups in total. The van der Waals surface area contributed by atoms with Crippen LogP contribution in [0, 0.1) is 0 Å². The van der Waals surface area contributed by atoms with E-state index in [0.717, 1.165) is 18.5 Å². The first-order valence-corrected chi connectivity index (χ1v) is 11.9. The van der Waals surface area contributed by atoms with Gasteiger partial charge in [0.05, 0.1) is 23.5 Å². The monoisotopic (exact) mass is 488 g/mol. The second kappa shape index (κ2) is 10.1. The summed E-state index contributed by atoms with van der Waals surface area (Å²) in [5, 5.41) is 7.34. The second-order valence-electron chi connectivity index (χ2n) is 10.6. The third-order valence-corrected chi connectivity index (χ3v) is 5.31. The minimum Gasteiger partial charge on any atom is -0.462 e. The summed E-state index contributed by atoms with van der Waals surface area (Å²) in [4.78, 5) is 39.0. The van der Waals surface area contributed by atoms with E-state index in [-0.39, 0.29) is 29.9 Å². The van der Waals surface area contributed by atoms with E-state index in [4.69, 9.17) is 14.2 Å². The molecule has 10 nitrogen and oxygen atoms in total. The maximum absolute atomic E-state index is 12.6.